The Morgan fingerprint density at radius 2 is 1.70 bits per heavy atom. The van der Waals surface area contributed by atoms with E-state index in [-0.39, 0.29) is 64.7 Å². The second-order valence-corrected chi connectivity index (χ2v) is 10.7. The molecule has 4 aromatic rings. The Bertz CT molecular complexity index is 1880. The minimum absolute atomic E-state index is 0.0778. The molecule has 2 aromatic heterocycles. The third-order valence-electron chi connectivity index (χ3n) is 6.32. The highest BCUT2D eigenvalue weighted by Gasteiger charge is 2.21. The average Bonchev–Trinajstić information content (AvgIpc) is 2.93. The molecule has 0 amide bonds. The lowest BCUT2D eigenvalue weighted by Crippen LogP contribution is -2.22. The lowest BCUT2D eigenvalue weighted by molar-refractivity contribution is 0.120. The normalized spacial score (nSPS) is 11.7. The van der Waals surface area contributed by atoms with E-state index in [0.717, 1.165) is 16.2 Å². The van der Waals surface area contributed by atoms with E-state index in [1.807, 2.05) is 19.1 Å². The Morgan fingerprint density at radius 1 is 1.05 bits per heavy atom. The fourth-order valence-corrected chi connectivity index (χ4v) is 4.78. The Kier molecular flexibility index (Phi) is 9.10. The van der Waals surface area contributed by atoms with E-state index in [9.17, 15) is 27.3 Å². The highest BCUT2D eigenvalue weighted by atomic mass is 32.2. The van der Waals surface area contributed by atoms with Gasteiger partial charge in [0, 0.05) is 17.8 Å². The topological polar surface area (TPSA) is 219 Å². The maximum atomic E-state index is 14.3. The Labute approximate surface area is 245 Å². The van der Waals surface area contributed by atoms with Crippen molar-refractivity contribution in [2.24, 2.45) is 16.1 Å². The molecular formula is C26H28FN9O6S. The molecule has 17 heteroatoms. The number of hydrogen-bond acceptors (Lipinski definition) is 13. The molecule has 0 atom stereocenters. The minimum Gasteiger partial charge on any atom is -0.494 e. The zero-order valence-corrected chi connectivity index (χ0v) is 24.3. The van der Waals surface area contributed by atoms with E-state index < -0.39 is 26.7 Å². The molecule has 2 heterocycles. The van der Waals surface area contributed by atoms with Crippen LogP contribution in [0.3, 0.4) is 0 Å². The minimum atomic E-state index is -4.79. The lowest BCUT2D eigenvalue weighted by atomic mass is 10.1. The van der Waals surface area contributed by atoms with Crippen LogP contribution in [-0.2, 0) is 28.1 Å². The number of benzene rings is 2. The van der Waals surface area contributed by atoms with E-state index in [0.29, 0.717) is 5.69 Å². The molecule has 226 valence electrons. The molecule has 6 N–H and O–H groups in total. The van der Waals surface area contributed by atoms with Crippen LogP contribution in [0.1, 0.15) is 29.2 Å². The lowest BCUT2D eigenvalue weighted by Gasteiger charge is -2.15. The molecule has 2 aromatic carbocycles. The summed E-state index contributed by atoms with van der Waals surface area (Å²) in [5.74, 6) is 4.30. The van der Waals surface area contributed by atoms with Crippen molar-refractivity contribution in [3.63, 3.8) is 0 Å². The monoisotopic (exact) mass is 613 g/mol. The fraction of sp³-hybridized carbons (Fsp3) is 0.231. The zero-order chi connectivity index (χ0) is 31.5. The molecule has 43 heavy (non-hydrogen) atoms. The van der Waals surface area contributed by atoms with Crippen LogP contribution in [-0.4, -0.2) is 37.6 Å². The highest BCUT2D eigenvalue weighted by molar-refractivity contribution is 7.86. The van der Waals surface area contributed by atoms with Crippen molar-refractivity contribution < 1.29 is 27.3 Å². The van der Waals surface area contributed by atoms with E-state index in [2.05, 4.69) is 40.7 Å². The number of halogens is 1. The first-order valence-corrected chi connectivity index (χ1v) is 14.1. The first-order chi connectivity index (χ1) is 20.3. The summed E-state index contributed by atoms with van der Waals surface area (Å²) in [7, 11) is -4.79. The molecule has 0 aliphatic carbocycles. The Hall–Kier alpha value is -4.84. The molecule has 0 aliphatic heterocycles. The van der Waals surface area contributed by atoms with Crippen molar-refractivity contribution in [2.75, 3.05) is 10.6 Å². The van der Waals surface area contributed by atoms with Gasteiger partial charge in [-0.05, 0) is 63.1 Å². The standard InChI is InChI=1S/C26H28FN9O6S/c1-5-36-22(37)17(12-42-28)15(4)21(23(36)38)35-34-18-11-19(20(10-14(18)3)43(39,40)41)30-26-32-24(27)31-25(33-26)29-16-8-6-13(2)7-9-16/h6-11,37H,5,12,28H2,1-4H3,(H,39,40,41)(H2,29,30,31,32,33). The first kappa shape index (κ1) is 31.1. The van der Waals surface area contributed by atoms with Crippen molar-refractivity contribution in [3.05, 3.63) is 75.1 Å². The summed E-state index contributed by atoms with van der Waals surface area (Å²) in [6.07, 6.45) is -1.17. The average molecular weight is 614 g/mol. The third-order valence-corrected chi connectivity index (χ3v) is 7.21. The van der Waals surface area contributed by atoms with Crippen molar-refractivity contribution in [1.29, 1.82) is 0 Å². The molecule has 0 spiro atoms. The summed E-state index contributed by atoms with van der Waals surface area (Å²) in [4.78, 5) is 28.3. The first-order valence-electron chi connectivity index (χ1n) is 12.7. The van der Waals surface area contributed by atoms with Crippen LogP contribution >= 0.6 is 0 Å². The van der Waals surface area contributed by atoms with Gasteiger partial charge in [0.05, 0.1) is 18.0 Å². The number of nitrogens with zero attached hydrogens (tertiary/aromatic N) is 6. The van der Waals surface area contributed by atoms with E-state index in [1.165, 1.54) is 19.9 Å². The van der Waals surface area contributed by atoms with Crippen molar-refractivity contribution in [3.8, 4) is 5.88 Å². The summed E-state index contributed by atoms with van der Waals surface area (Å²) >= 11 is 0. The van der Waals surface area contributed by atoms with Gasteiger partial charge in [-0.2, -0.15) is 32.9 Å². The highest BCUT2D eigenvalue weighted by Crippen LogP contribution is 2.34. The predicted molar refractivity (Wildman–Crippen MR) is 154 cm³/mol. The number of aromatic nitrogens is 4. The molecule has 0 radical (unpaired) electrons. The van der Waals surface area contributed by atoms with E-state index >= 15 is 0 Å². The number of rotatable bonds is 10. The largest absolute Gasteiger partial charge is 0.494 e. The van der Waals surface area contributed by atoms with E-state index in [4.69, 9.17) is 5.90 Å². The summed E-state index contributed by atoms with van der Waals surface area (Å²) in [5.41, 5.74) is 1.37. The van der Waals surface area contributed by atoms with Crippen LogP contribution in [0.5, 0.6) is 5.88 Å². The number of pyridine rings is 1. The SMILES string of the molecule is CCn1c(O)c(CON)c(C)c(N=Nc2cc(Nc3nc(F)nc(Nc4ccc(C)cc4)n3)c(S(=O)(=O)O)cc2C)c1=O. The van der Waals surface area contributed by atoms with Gasteiger partial charge < -0.3 is 15.7 Å². The number of anilines is 4. The maximum Gasteiger partial charge on any atom is 0.315 e. The summed E-state index contributed by atoms with van der Waals surface area (Å²) in [6.45, 7) is 6.48. The number of aromatic hydroxyl groups is 1. The molecule has 0 fully saturated rings. The molecular weight excluding hydrogens is 585 g/mol. The maximum absolute atomic E-state index is 14.3. The summed E-state index contributed by atoms with van der Waals surface area (Å²) < 4.78 is 49.7. The van der Waals surface area contributed by atoms with E-state index in [1.54, 1.807) is 19.1 Å². The van der Waals surface area contributed by atoms with Crippen LogP contribution < -0.4 is 22.1 Å². The fourth-order valence-electron chi connectivity index (χ4n) is 4.07. The van der Waals surface area contributed by atoms with Crippen LogP contribution in [0, 0.1) is 26.8 Å². The van der Waals surface area contributed by atoms with Crippen molar-refractivity contribution in [1.82, 2.24) is 19.5 Å². The van der Waals surface area contributed by atoms with Gasteiger partial charge in [-0.3, -0.25) is 18.8 Å². The number of aryl methyl sites for hydroxylation is 2. The number of nitrogens with two attached hydrogens (primary N) is 1. The van der Waals surface area contributed by atoms with Gasteiger partial charge in [0.2, 0.25) is 11.9 Å². The molecule has 4 rings (SSSR count). The zero-order valence-electron chi connectivity index (χ0n) is 23.5. The van der Waals surface area contributed by atoms with Gasteiger partial charge in [-0.25, -0.2) is 5.90 Å². The van der Waals surface area contributed by atoms with Crippen molar-refractivity contribution in [2.45, 2.75) is 45.7 Å². The van der Waals surface area contributed by atoms with Crippen LogP contribution in [0.2, 0.25) is 0 Å². The quantitative estimate of drug-likeness (QED) is 0.0956. The molecule has 0 bridgehead atoms. The van der Waals surface area contributed by atoms with Gasteiger partial charge in [-0.15, -0.1) is 5.11 Å². The van der Waals surface area contributed by atoms with Gasteiger partial charge in [0.1, 0.15) is 4.90 Å². The molecule has 0 saturated heterocycles. The van der Waals surface area contributed by atoms with Crippen molar-refractivity contribution >= 4 is 44.8 Å². The number of nitrogens with one attached hydrogen (secondary N) is 2. The van der Waals surface area contributed by atoms with Crippen LogP contribution in [0.25, 0.3) is 0 Å². The van der Waals surface area contributed by atoms with Gasteiger partial charge in [-0.1, -0.05) is 17.7 Å². The molecule has 15 nitrogen and oxygen atoms in total. The molecule has 0 unspecified atom stereocenters. The Morgan fingerprint density at radius 3 is 2.30 bits per heavy atom. The second kappa shape index (κ2) is 12.6. The van der Waals surface area contributed by atoms with Crippen LogP contribution in [0.4, 0.5) is 39.0 Å². The number of hydrogen-bond donors (Lipinski definition) is 5. The summed E-state index contributed by atoms with van der Waals surface area (Å²) in [5, 5.41) is 24.1. The molecule has 0 aliphatic rings. The number of azo groups is 1. The third kappa shape index (κ3) is 6.97. The van der Waals surface area contributed by atoms with Gasteiger partial charge in [0.15, 0.2) is 11.6 Å². The molecule has 0 saturated carbocycles. The van der Waals surface area contributed by atoms with Gasteiger partial charge in [0.25, 0.3) is 15.7 Å². The second-order valence-electron chi connectivity index (χ2n) is 9.31. The Balaban J connectivity index is 1.77. The summed E-state index contributed by atoms with van der Waals surface area (Å²) in [6, 6.07) is 9.42. The van der Waals surface area contributed by atoms with Gasteiger partial charge >= 0.3 is 6.08 Å². The smallest absolute Gasteiger partial charge is 0.315 e. The van der Waals surface area contributed by atoms with Crippen LogP contribution in [0.15, 0.2) is 56.3 Å². The predicted octanol–water partition coefficient (Wildman–Crippen LogP) is 4.36.